The molecule has 2 aliphatic rings. The molecule has 3 unspecified atom stereocenters. The third-order valence-corrected chi connectivity index (χ3v) is 5.19. The summed E-state index contributed by atoms with van der Waals surface area (Å²) < 4.78 is 11.6. The fourth-order valence-corrected chi connectivity index (χ4v) is 3.69. The van der Waals surface area contributed by atoms with Crippen molar-refractivity contribution in [2.24, 2.45) is 11.8 Å². The summed E-state index contributed by atoms with van der Waals surface area (Å²) in [5.41, 5.74) is 0.702. The molecular formula is C17H24O3. The number of ether oxygens (including phenoxy) is 2. The van der Waals surface area contributed by atoms with Crippen LogP contribution in [0.4, 0.5) is 0 Å². The lowest BCUT2D eigenvalue weighted by atomic mass is 9.69. The first kappa shape index (κ1) is 13.7. The lowest BCUT2D eigenvalue weighted by Crippen LogP contribution is -2.46. The monoisotopic (exact) mass is 276 g/mol. The van der Waals surface area contributed by atoms with Gasteiger partial charge in [-0.05, 0) is 43.2 Å². The summed E-state index contributed by atoms with van der Waals surface area (Å²) in [4.78, 5) is 0. The number of aliphatic hydroxyl groups excluding tert-OH is 1. The van der Waals surface area contributed by atoms with Gasteiger partial charge in [-0.25, -0.2) is 0 Å². The van der Waals surface area contributed by atoms with Crippen LogP contribution in [0.15, 0.2) is 18.2 Å². The van der Waals surface area contributed by atoms with Gasteiger partial charge in [0.15, 0.2) is 0 Å². The SMILES string of the molecule is COc1ccc2c(c1)OC1(CCC(C)C(C)C1)C[C@H]2O. The first-order valence-corrected chi connectivity index (χ1v) is 7.58. The van der Waals surface area contributed by atoms with Gasteiger partial charge in [0.05, 0.1) is 13.2 Å². The summed E-state index contributed by atoms with van der Waals surface area (Å²) in [5.74, 6) is 2.96. The molecule has 1 spiro atoms. The lowest BCUT2D eigenvalue weighted by molar-refractivity contribution is -0.0602. The molecule has 0 aromatic heterocycles. The van der Waals surface area contributed by atoms with E-state index < -0.39 is 6.10 Å². The largest absolute Gasteiger partial charge is 0.497 e. The quantitative estimate of drug-likeness (QED) is 0.850. The van der Waals surface area contributed by atoms with Gasteiger partial charge >= 0.3 is 0 Å². The fourth-order valence-electron chi connectivity index (χ4n) is 3.69. The van der Waals surface area contributed by atoms with E-state index in [1.165, 1.54) is 6.42 Å². The van der Waals surface area contributed by atoms with Crippen LogP contribution in [-0.2, 0) is 0 Å². The molecule has 1 aliphatic carbocycles. The van der Waals surface area contributed by atoms with E-state index in [0.717, 1.165) is 35.8 Å². The minimum absolute atomic E-state index is 0.190. The fraction of sp³-hybridized carbons (Fsp3) is 0.647. The second-order valence-corrected chi connectivity index (χ2v) is 6.61. The van der Waals surface area contributed by atoms with E-state index in [-0.39, 0.29) is 5.60 Å². The maximum Gasteiger partial charge on any atom is 0.129 e. The van der Waals surface area contributed by atoms with Crippen molar-refractivity contribution >= 4 is 0 Å². The second-order valence-electron chi connectivity index (χ2n) is 6.61. The molecule has 0 saturated heterocycles. The van der Waals surface area contributed by atoms with E-state index in [9.17, 15) is 5.11 Å². The van der Waals surface area contributed by atoms with Crippen molar-refractivity contribution in [3.05, 3.63) is 23.8 Å². The van der Waals surface area contributed by atoms with Crippen molar-refractivity contribution < 1.29 is 14.6 Å². The van der Waals surface area contributed by atoms with Crippen molar-refractivity contribution in [1.29, 1.82) is 0 Å². The van der Waals surface area contributed by atoms with E-state index in [1.807, 2.05) is 18.2 Å². The van der Waals surface area contributed by atoms with Crippen LogP contribution in [0.2, 0.25) is 0 Å². The molecule has 0 radical (unpaired) electrons. The summed E-state index contributed by atoms with van der Waals surface area (Å²) in [6.45, 7) is 4.61. The van der Waals surface area contributed by atoms with Gasteiger partial charge < -0.3 is 14.6 Å². The number of hydrogen-bond donors (Lipinski definition) is 1. The number of hydrogen-bond acceptors (Lipinski definition) is 3. The molecule has 1 aliphatic heterocycles. The highest BCUT2D eigenvalue weighted by molar-refractivity contribution is 5.44. The molecule has 1 aromatic carbocycles. The maximum absolute atomic E-state index is 10.5. The van der Waals surface area contributed by atoms with E-state index in [4.69, 9.17) is 9.47 Å². The Labute approximate surface area is 120 Å². The molecule has 4 atom stereocenters. The average molecular weight is 276 g/mol. The van der Waals surface area contributed by atoms with Crippen LogP contribution in [-0.4, -0.2) is 17.8 Å². The Morgan fingerprint density at radius 3 is 2.75 bits per heavy atom. The highest BCUT2D eigenvalue weighted by Gasteiger charge is 2.44. The van der Waals surface area contributed by atoms with Crippen LogP contribution in [0.5, 0.6) is 11.5 Å². The van der Waals surface area contributed by atoms with Gasteiger partial charge in [-0.2, -0.15) is 0 Å². The van der Waals surface area contributed by atoms with Gasteiger partial charge in [0.25, 0.3) is 0 Å². The van der Waals surface area contributed by atoms with Crippen LogP contribution in [0.25, 0.3) is 0 Å². The Morgan fingerprint density at radius 2 is 2.05 bits per heavy atom. The summed E-state index contributed by atoms with van der Waals surface area (Å²) in [6, 6.07) is 5.71. The van der Waals surface area contributed by atoms with Gasteiger partial charge in [0, 0.05) is 18.1 Å². The highest BCUT2D eigenvalue weighted by atomic mass is 16.5. The third kappa shape index (κ3) is 2.28. The number of rotatable bonds is 1. The normalized spacial score (nSPS) is 36.3. The minimum atomic E-state index is -0.426. The zero-order chi connectivity index (χ0) is 14.3. The zero-order valence-electron chi connectivity index (χ0n) is 12.6. The first-order chi connectivity index (χ1) is 9.53. The van der Waals surface area contributed by atoms with Crippen molar-refractivity contribution in [1.82, 2.24) is 0 Å². The summed E-state index contributed by atoms with van der Waals surface area (Å²) in [5, 5.41) is 10.5. The smallest absolute Gasteiger partial charge is 0.129 e. The van der Waals surface area contributed by atoms with E-state index >= 15 is 0 Å². The van der Waals surface area contributed by atoms with E-state index in [1.54, 1.807) is 7.11 Å². The van der Waals surface area contributed by atoms with Gasteiger partial charge in [-0.1, -0.05) is 13.8 Å². The first-order valence-electron chi connectivity index (χ1n) is 7.58. The van der Waals surface area contributed by atoms with E-state index in [2.05, 4.69) is 13.8 Å². The van der Waals surface area contributed by atoms with Gasteiger partial charge in [-0.3, -0.25) is 0 Å². The molecule has 3 heteroatoms. The summed E-state index contributed by atoms with van der Waals surface area (Å²) in [7, 11) is 1.65. The van der Waals surface area contributed by atoms with Crippen LogP contribution in [0, 0.1) is 11.8 Å². The van der Waals surface area contributed by atoms with Crippen LogP contribution in [0.1, 0.15) is 51.2 Å². The molecule has 0 bridgehead atoms. The number of benzene rings is 1. The van der Waals surface area contributed by atoms with Gasteiger partial charge in [0.2, 0.25) is 0 Å². The van der Waals surface area contributed by atoms with E-state index in [0.29, 0.717) is 12.3 Å². The Hall–Kier alpha value is -1.22. The molecule has 0 amide bonds. The highest BCUT2D eigenvalue weighted by Crippen LogP contribution is 2.49. The molecule has 1 aromatic rings. The van der Waals surface area contributed by atoms with Crippen molar-refractivity contribution in [3.8, 4) is 11.5 Å². The molecular weight excluding hydrogens is 252 g/mol. The third-order valence-electron chi connectivity index (χ3n) is 5.19. The van der Waals surface area contributed by atoms with Gasteiger partial charge in [-0.15, -0.1) is 0 Å². The number of aliphatic hydroxyl groups is 1. The van der Waals surface area contributed by atoms with Crippen LogP contribution in [0.3, 0.4) is 0 Å². The second kappa shape index (κ2) is 4.96. The molecule has 110 valence electrons. The predicted molar refractivity (Wildman–Crippen MR) is 78.1 cm³/mol. The Balaban J connectivity index is 1.91. The maximum atomic E-state index is 10.5. The Morgan fingerprint density at radius 1 is 1.25 bits per heavy atom. The molecule has 20 heavy (non-hydrogen) atoms. The lowest BCUT2D eigenvalue weighted by Gasteiger charge is -2.46. The van der Waals surface area contributed by atoms with Gasteiger partial charge in [0.1, 0.15) is 17.1 Å². The standard InChI is InChI=1S/C17H24O3/c1-11-6-7-17(9-12(11)2)10-15(18)14-5-4-13(19-3)8-16(14)20-17/h4-5,8,11-12,15,18H,6-7,9-10H2,1-3H3/t11?,12?,15-,17?/m1/s1. The average Bonchev–Trinajstić information content (AvgIpc) is 2.43. The topological polar surface area (TPSA) is 38.7 Å². The molecule has 3 nitrogen and oxygen atoms in total. The predicted octanol–water partition coefficient (Wildman–Crippen LogP) is 3.71. The zero-order valence-corrected chi connectivity index (χ0v) is 12.6. The molecule has 3 rings (SSSR count). The minimum Gasteiger partial charge on any atom is -0.497 e. The van der Waals surface area contributed by atoms with Crippen molar-refractivity contribution in [2.75, 3.05) is 7.11 Å². The Bertz CT molecular complexity index is 499. The van der Waals surface area contributed by atoms with Crippen LogP contribution < -0.4 is 9.47 Å². The van der Waals surface area contributed by atoms with Crippen LogP contribution >= 0.6 is 0 Å². The summed E-state index contributed by atoms with van der Waals surface area (Å²) >= 11 is 0. The number of fused-ring (bicyclic) bond motifs is 1. The molecule has 1 fully saturated rings. The molecule has 1 N–H and O–H groups in total. The summed E-state index contributed by atoms with van der Waals surface area (Å²) in [6.07, 6.45) is 3.52. The Kier molecular flexibility index (Phi) is 3.41. The van der Waals surface area contributed by atoms with Crippen molar-refractivity contribution in [3.63, 3.8) is 0 Å². The van der Waals surface area contributed by atoms with Crippen molar-refractivity contribution in [2.45, 2.75) is 51.2 Å². The molecule has 1 heterocycles. The number of methoxy groups -OCH3 is 1. The molecule has 1 saturated carbocycles.